The first-order valence-corrected chi connectivity index (χ1v) is 12.2. The normalized spacial score (nSPS) is 28.1. The third kappa shape index (κ3) is 12.1. The number of carbonyl (C=O) groups is 1. The number of allylic oxidation sites excluding steroid dienone is 7. The Morgan fingerprint density at radius 3 is 2.30 bits per heavy atom. The van der Waals surface area contributed by atoms with Gasteiger partial charge in [-0.15, -0.1) is 0 Å². The Bertz CT molecular complexity index is 905. The zero-order valence-electron chi connectivity index (χ0n) is 22.2. The standard InChI is InChI=1S/C28H42O9/c1-18(2)13-14-21(36-27-26(34)25(33)24(32)22(17-29)37-27)20(4)11-9-10-19(3)16-28(5,35)15-8-6-7-12-23(30)31/h6-13,16,21-22,24-27,29,32-35H,14-15,17H2,1-5H3,(H,30,31)/b8-6+,10-9+,12-7+,19-16+,20-11+/t21-,22-,24-,25+,26-,27-,28-/m1/s1. The summed E-state index contributed by atoms with van der Waals surface area (Å²) in [4.78, 5) is 10.5. The lowest BCUT2D eigenvalue weighted by Crippen LogP contribution is -2.59. The van der Waals surface area contributed by atoms with Crippen LogP contribution in [0.15, 0.2) is 71.4 Å². The van der Waals surface area contributed by atoms with E-state index in [9.17, 15) is 30.3 Å². The van der Waals surface area contributed by atoms with Gasteiger partial charge in [0, 0.05) is 6.08 Å². The molecule has 0 radical (unpaired) electrons. The minimum absolute atomic E-state index is 0.300. The number of carboxylic acids is 1. The molecule has 1 heterocycles. The first-order valence-electron chi connectivity index (χ1n) is 12.2. The molecular formula is C28H42O9. The van der Waals surface area contributed by atoms with Crippen LogP contribution in [-0.2, 0) is 14.3 Å². The summed E-state index contributed by atoms with van der Waals surface area (Å²) >= 11 is 0. The van der Waals surface area contributed by atoms with Gasteiger partial charge in [0.05, 0.1) is 18.3 Å². The molecule has 1 rings (SSSR count). The number of ether oxygens (including phenoxy) is 2. The maximum absolute atomic E-state index is 10.6. The molecule has 208 valence electrons. The van der Waals surface area contributed by atoms with Gasteiger partial charge in [0.2, 0.25) is 0 Å². The smallest absolute Gasteiger partial charge is 0.328 e. The van der Waals surface area contributed by atoms with Gasteiger partial charge >= 0.3 is 5.97 Å². The van der Waals surface area contributed by atoms with Crippen molar-refractivity contribution in [2.24, 2.45) is 0 Å². The van der Waals surface area contributed by atoms with E-state index in [-0.39, 0.29) is 0 Å². The van der Waals surface area contributed by atoms with Crippen LogP contribution in [0.3, 0.4) is 0 Å². The molecule has 0 bridgehead atoms. The first kappa shape index (κ1) is 32.7. The highest BCUT2D eigenvalue weighted by molar-refractivity contribution is 5.80. The van der Waals surface area contributed by atoms with Gasteiger partial charge in [0.15, 0.2) is 6.29 Å². The molecule has 0 saturated carbocycles. The molecule has 7 atom stereocenters. The second kappa shape index (κ2) is 15.8. The molecule has 1 aliphatic rings. The summed E-state index contributed by atoms with van der Waals surface area (Å²) in [6, 6.07) is 0. The highest BCUT2D eigenvalue weighted by Crippen LogP contribution is 2.26. The van der Waals surface area contributed by atoms with E-state index >= 15 is 0 Å². The number of hydrogen-bond acceptors (Lipinski definition) is 8. The number of carboxylic acid groups (broad SMARTS) is 1. The summed E-state index contributed by atoms with van der Waals surface area (Å²) in [6.45, 7) is 8.70. The van der Waals surface area contributed by atoms with Crippen LogP contribution >= 0.6 is 0 Å². The third-order valence-corrected chi connectivity index (χ3v) is 5.67. The fourth-order valence-electron chi connectivity index (χ4n) is 3.61. The van der Waals surface area contributed by atoms with Crippen LogP contribution in [0, 0.1) is 0 Å². The van der Waals surface area contributed by atoms with E-state index in [0.717, 1.165) is 22.8 Å². The molecule has 1 aliphatic heterocycles. The highest BCUT2D eigenvalue weighted by Gasteiger charge is 2.44. The van der Waals surface area contributed by atoms with Crippen molar-refractivity contribution in [2.75, 3.05) is 6.61 Å². The van der Waals surface area contributed by atoms with Gasteiger partial charge in [0.1, 0.15) is 24.4 Å². The van der Waals surface area contributed by atoms with Crippen LogP contribution in [0.25, 0.3) is 0 Å². The molecule has 1 fully saturated rings. The van der Waals surface area contributed by atoms with Crippen molar-refractivity contribution in [3.05, 3.63) is 71.4 Å². The van der Waals surface area contributed by atoms with Crippen LogP contribution in [0.4, 0.5) is 0 Å². The van der Waals surface area contributed by atoms with Gasteiger partial charge in [-0.2, -0.15) is 0 Å². The second-order valence-corrected chi connectivity index (χ2v) is 9.68. The second-order valence-electron chi connectivity index (χ2n) is 9.68. The van der Waals surface area contributed by atoms with Gasteiger partial charge in [-0.25, -0.2) is 4.79 Å². The minimum Gasteiger partial charge on any atom is -0.478 e. The lowest BCUT2D eigenvalue weighted by molar-refractivity contribution is -0.308. The fourth-order valence-corrected chi connectivity index (χ4v) is 3.61. The van der Waals surface area contributed by atoms with E-state index < -0.39 is 55.0 Å². The lowest BCUT2D eigenvalue weighted by Gasteiger charge is -2.41. The first-order chi connectivity index (χ1) is 17.3. The molecule has 0 aromatic rings. The Morgan fingerprint density at radius 1 is 1.03 bits per heavy atom. The Labute approximate surface area is 219 Å². The van der Waals surface area contributed by atoms with E-state index in [2.05, 4.69) is 0 Å². The van der Waals surface area contributed by atoms with E-state index in [1.54, 1.807) is 31.2 Å². The largest absolute Gasteiger partial charge is 0.478 e. The van der Waals surface area contributed by atoms with Crippen LogP contribution in [0.5, 0.6) is 0 Å². The average molecular weight is 523 g/mol. The molecular weight excluding hydrogens is 480 g/mol. The maximum Gasteiger partial charge on any atom is 0.328 e. The summed E-state index contributed by atoms with van der Waals surface area (Å²) in [7, 11) is 0. The molecule has 0 aromatic carbocycles. The number of aliphatic carboxylic acids is 1. The summed E-state index contributed by atoms with van der Waals surface area (Å²) in [5.74, 6) is -1.04. The van der Waals surface area contributed by atoms with Gasteiger partial charge in [0.25, 0.3) is 0 Å². The Morgan fingerprint density at radius 2 is 1.70 bits per heavy atom. The molecule has 0 aliphatic carbocycles. The van der Waals surface area contributed by atoms with Gasteiger partial charge in [-0.05, 0) is 53.0 Å². The monoisotopic (exact) mass is 522 g/mol. The van der Waals surface area contributed by atoms with Crippen LogP contribution in [-0.4, -0.2) is 85.6 Å². The lowest BCUT2D eigenvalue weighted by atomic mass is 9.98. The molecule has 0 aromatic heterocycles. The summed E-state index contributed by atoms with van der Waals surface area (Å²) in [6.07, 6.45) is 8.25. The van der Waals surface area contributed by atoms with Crippen molar-refractivity contribution >= 4 is 5.97 Å². The highest BCUT2D eigenvalue weighted by atomic mass is 16.7. The van der Waals surface area contributed by atoms with Crippen LogP contribution in [0.1, 0.15) is 47.5 Å². The maximum atomic E-state index is 10.6. The summed E-state index contributed by atoms with van der Waals surface area (Å²) < 4.78 is 11.5. The molecule has 0 spiro atoms. The number of aliphatic hydroxyl groups excluding tert-OH is 4. The van der Waals surface area contributed by atoms with Crippen molar-refractivity contribution in [1.82, 2.24) is 0 Å². The molecule has 6 N–H and O–H groups in total. The molecule has 1 saturated heterocycles. The summed E-state index contributed by atoms with van der Waals surface area (Å²) in [5.41, 5.74) is 1.55. The molecule has 37 heavy (non-hydrogen) atoms. The minimum atomic E-state index is -1.52. The average Bonchev–Trinajstić information content (AvgIpc) is 2.80. The fraction of sp³-hybridized carbons (Fsp3) is 0.536. The predicted octanol–water partition coefficient (Wildman–Crippen LogP) is 2.31. The number of aliphatic hydroxyl groups is 5. The van der Waals surface area contributed by atoms with Crippen molar-refractivity contribution in [3.63, 3.8) is 0 Å². The molecule has 9 nitrogen and oxygen atoms in total. The number of rotatable bonds is 13. The van der Waals surface area contributed by atoms with Gasteiger partial charge in [-0.3, -0.25) is 0 Å². The molecule has 9 heteroatoms. The summed E-state index contributed by atoms with van der Waals surface area (Å²) in [5, 5.41) is 59.0. The van der Waals surface area contributed by atoms with E-state index in [0.29, 0.717) is 12.8 Å². The third-order valence-electron chi connectivity index (χ3n) is 5.67. The van der Waals surface area contributed by atoms with Gasteiger partial charge < -0.3 is 40.1 Å². The number of hydrogen-bond donors (Lipinski definition) is 6. The molecule has 0 unspecified atom stereocenters. The van der Waals surface area contributed by atoms with Crippen molar-refractivity contribution in [3.8, 4) is 0 Å². The SMILES string of the molecule is CC(C)=CC[C@@H](O[C@@H]1O[C@H](CO)[C@@H](O)[C@H](O)[C@H]1O)/C(C)=C/C=C/C(C)=C/[C@](C)(O)C/C=C/C=C/C(=O)O. The van der Waals surface area contributed by atoms with Crippen molar-refractivity contribution in [1.29, 1.82) is 0 Å². The van der Waals surface area contributed by atoms with E-state index in [1.165, 1.54) is 6.08 Å². The predicted molar refractivity (Wildman–Crippen MR) is 140 cm³/mol. The molecule has 0 amide bonds. The van der Waals surface area contributed by atoms with Crippen LogP contribution < -0.4 is 0 Å². The topological polar surface area (TPSA) is 157 Å². The Kier molecular flexibility index (Phi) is 13.9. The zero-order chi connectivity index (χ0) is 28.2. The zero-order valence-corrected chi connectivity index (χ0v) is 22.2. The quantitative estimate of drug-likeness (QED) is 0.121. The Balaban J connectivity index is 2.95. The van der Waals surface area contributed by atoms with Gasteiger partial charge in [-0.1, -0.05) is 59.8 Å². The van der Waals surface area contributed by atoms with E-state index in [4.69, 9.17) is 14.6 Å². The van der Waals surface area contributed by atoms with Crippen molar-refractivity contribution < 1.29 is 44.9 Å². The Hall–Kier alpha value is -2.37. The van der Waals surface area contributed by atoms with Crippen molar-refractivity contribution in [2.45, 2.75) is 89.9 Å². The van der Waals surface area contributed by atoms with E-state index in [1.807, 2.05) is 45.9 Å². The van der Waals surface area contributed by atoms with Crippen LogP contribution in [0.2, 0.25) is 0 Å².